The van der Waals surface area contributed by atoms with Gasteiger partial charge in [0.1, 0.15) is 0 Å². The van der Waals surface area contributed by atoms with Crippen molar-refractivity contribution in [2.45, 2.75) is 0 Å². The van der Waals surface area contributed by atoms with Crippen molar-refractivity contribution in [3.63, 3.8) is 0 Å². The first-order valence-corrected chi connectivity index (χ1v) is 13.0. The van der Waals surface area contributed by atoms with Crippen LogP contribution in [0, 0.1) is 0 Å². The van der Waals surface area contributed by atoms with Crippen molar-refractivity contribution < 1.29 is 9.59 Å². The van der Waals surface area contributed by atoms with Crippen molar-refractivity contribution in [1.82, 2.24) is 0 Å². The van der Waals surface area contributed by atoms with E-state index in [1.807, 2.05) is 47.7 Å². The van der Waals surface area contributed by atoms with Gasteiger partial charge in [-0.3, -0.25) is 9.59 Å². The number of rotatable bonds is 2. The summed E-state index contributed by atoms with van der Waals surface area (Å²) in [5, 5.41) is 3.22. The van der Waals surface area contributed by atoms with E-state index in [0.29, 0.717) is 11.1 Å². The Bertz CT molecular complexity index is 1690. The smallest absolute Gasteiger partial charge is 0.197 e. The Labute approximate surface area is 201 Å². The largest absolute Gasteiger partial charge is 0.288 e. The summed E-state index contributed by atoms with van der Waals surface area (Å²) in [6.45, 7) is 0. The van der Waals surface area contributed by atoms with Crippen molar-refractivity contribution in [2.75, 3.05) is 0 Å². The third-order valence-electron chi connectivity index (χ3n) is 6.05. The SMILES string of the molecule is O=C1C(=Cc2cc3sc(-c4cc5ccccc5s4)cc3s2)C(=O)c2cc3ccccc3cc21. The molecule has 0 fully saturated rings. The van der Waals surface area contributed by atoms with Gasteiger partial charge in [-0.15, -0.1) is 34.0 Å². The maximum Gasteiger partial charge on any atom is 0.197 e. The van der Waals surface area contributed by atoms with Gasteiger partial charge in [-0.05, 0) is 58.6 Å². The van der Waals surface area contributed by atoms with Gasteiger partial charge in [-0.2, -0.15) is 0 Å². The van der Waals surface area contributed by atoms with E-state index in [9.17, 15) is 9.59 Å². The lowest BCUT2D eigenvalue weighted by molar-refractivity contribution is 0.0990. The van der Waals surface area contributed by atoms with E-state index >= 15 is 0 Å². The van der Waals surface area contributed by atoms with Gasteiger partial charge in [-0.25, -0.2) is 0 Å². The zero-order valence-electron chi connectivity index (χ0n) is 17.1. The van der Waals surface area contributed by atoms with Crippen LogP contribution in [0.2, 0.25) is 0 Å². The zero-order valence-corrected chi connectivity index (χ0v) is 19.6. The molecule has 156 valence electrons. The number of Topliss-reactive ketones (excluding diaryl/α,β-unsaturated/α-hetero) is 2. The molecule has 3 heterocycles. The summed E-state index contributed by atoms with van der Waals surface area (Å²) in [7, 11) is 0. The third kappa shape index (κ3) is 2.97. The molecule has 6 aromatic rings. The predicted molar refractivity (Wildman–Crippen MR) is 141 cm³/mol. The standard InChI is InChI=1S/C28H14O2S3/c29-27-19-9-15-5-1-2-6-16(15)10-20(19)28(30)21(27)12-18-13-24-25(31-18)14-26(33-24)23-11-17-7-3-4-8-22(17)32-23/h1-14H. The topological polar surface area (TPSA) is 34.1 Å². The number of carbonyl (C=O) groups excluding carboxylic acids is 2. The summed E-state index contributed by atoms with van der Waals surface area (Å²) >= 11 is 5.19. The van der Waals surface area contributed by atoms with Crippen molar-refractivity contribution in [3.8, 4) is 9.75 Å². The van der Waals surface area contributed by atoms with Gasteiger partial charge in [-0.1, -0.05) is 42.5 Å². The molecule has 1 aliphatic carbocycles. The normalized spacial score (nSPS) is 13.5. The van der Waals surface area contributed by atoms with Crippen molar-refractivity contribution >= 4 is 81.9 Å². The molecule has 0 bridgehead atoms. The fourth-order valence-electron chi connectivity index (χ4n) is 4.43. The van der Waals surface area contributed by atoms with Gasteiger partial charge in [0.05, 0.1) is 5.57 Å². The van der Waals surface area contributed by atoms with Crippen LogP contribution in [0.4, 0.5) is 0 Å². The average molecular weight is 479 g/mol. The summed E-state index contributed by atoms with van der Waals surface area (Å²) in [6, 6.07) is 26.5. The van der Waals surface area contributed by atoms with Crippen LogP contribution in [-0.4, -0.2) is 11.6 Å². The molecule has 0 N–H and O–H groups in total. The minimum atomic E-state index is -0.177. The first-order chi connectivity index (χ1) is 16.1. The Hall–Kier alpha value is -3.38. The number of fused-ring (bicyclic) bond motifs is 4. The molecule has 0 radical (unpaired) electrons. The molecule has 0 spiro atoms. The number of ketones is 2. The quantitative estimate of drug-likeness (QED) is 0.185. The third-order valence-corrected chi connectivity index (χ3v) is 9.60. The Morgan fingerprint density at radius 2 is 1.12 bits per heavy atom. The molecule has 3 aromatic carbocycles. The van der Waals surface area contributed by atoms with Gasteiger partial charge < -0.3 is 0 Å². The lowest BCUT2D eigenvalue weighted by atomic mass is 10.0. The van der Waals surface area contributed by atoms with E-state index in [0.717, 1.165) is 15.6 Å². The van der Waals surface area contributed by atoms with Crippen LogP contribution >= 0.6 is 34.0 Å². The lowest BCUT2D eigenvalue weighted by Gasteiger charge is -2.00. The molecule has 3 aromatic heterocycles. The van der Waals surface area contributed by atoms with Crippen LogP contribution in [0.1, 0.15) is 25.6 Å². The Morgan fingerprint density at radius 1 is 0.545 bits per heavy atom. The Kier molecular flexibility index (Phi) is 4.09. The molecule has 0 aliphatic heterocycles. The highest BCUT2D eigenvalue weighted by atomic mass is 32.1. The minimum absolute atomic E-state index is 0.177. The van der Waals surface area contributed by atoms with Gasteiger partial charge in [0.2, 0.25) is 0 Å². The molecule has 0 atom stereocenters. The number of allylic oxidation sites excluding steroid dienone is 1. The van der Waals surface area contributed by atoms with E-state index in [1.165, 1.54) is 29.2 Å². The summed E-state index contributed by atoms with van der Waals surface area (Å²) in [5.41, 5.74) is 1.28. The molecular weight excluding hydrogens is 465 g/mol. The van der Waals surface area contributed by atoms with Gasteiger partial charge in [0.25, 0.3) is 0 Å². The molecule has 33 heavy (non-hydrogen) atoms. The summed E-state index contributed by atoms with van der Waals surface area (Å²) in [6.07, 6.45) is 1.77. The van der Waals surface area contributed by atoms with E-state index in [2.05, 4.69) is 42.5 Å². The summed E-state index contributed by atoms with van der Waals surface area (Å²) in [4.78, 5) is 29.6. The molecule has 0 saturated heterocycles. The summed E-state index contributed by atoms with van der Waals surface area (Å²) in [5.74, 6) is -0.355. The molecule has 0 saturated carbocycles. The number of thiophene rings is 3. The van der Waals surface area contributed by atoms with Gasteiger partial charge >= 0.3 is 0 Å². The van der Waals surface area contributed by atoms with E-state index in [-0.39, 0.29) is 17.1 Å². The lowest BCUT2D eigenvalue weighted by Crippen LogP contribution is -1.99. The van der Waals surface area contributed by atoms with E-state index in [1.54, 1.807) is 28.7 Å². The maximum absolute atomic E-state index is 13.1. The number of benzene rings is 3. The predicted octanol–water partition coefficient (Wildman–Crippen LogP) is 8.46. The first-order valence-electron chi connectivity index (χ1n) is 10.5. The molecule has 1 aliphatic rings. The molecule has 0 unspecified atom stereocenters. The minimum Gasteiger partial charge on any atom is -0.288 e. The van der Waals surface area contributed by atoms with Crippen LogP contribution in [0.5, 0.6) is 0 Å². The molecular formula is C28H14O2S3. The maximum atomic E-state index is 13.1. The van der Waals surface area contributed by atoms with Crippen molar-refractivity contribution in [2.24, 2.45) is 0 Å². The second-order valence-corrected chi connectivity index (χ2v) is 11.4. The monoisotopic (exact) mass is 478 g/mol. The van der Waals surface area contributed by atoms with Crippen LogP contribution in [0.25, 0.3) is 46.1 Å². The number of hydrogen-bond donors (Lipinski definition) is 0. The molecule has 0 amide bonds. The average Bonchev–Trinajstić information content (AvgIpc) is 3.57. The van der Waals surface area contributed by atoms with Crippen LogP contribution < -0.4 is 0 Å². The highest BCUT2D eigenvalue weighted by Crippen LogP contribution is 2.43. The number of carbonyl (C=O) groups is 2. The zero-order chi connectivity index (χ0) is 22.1. The van der Waals surface area contributed by atoms with Crippen LogP contribution in [-0.2, 0) is 0 Å². The van der Waals surface area contributed by atoms with E-state index in [4.69, 9.17) is 0 Å². The second kappa shape index (κ2) is 7.06. The second-order valence-electron chi connectivity index (χ2n) is 8.10. The van der Waals surface area contributed by atoms with Crippen molar-refractivity contribution in [1.29, 1.82) is 0 Å². The fraction of sp³-hybridized carbons (Fsp3) is 0. The molecule has 2 nitrogen and oxygen atoms in total. The molecule has 7 rings (SSSR count). The van der Waals surface area contributed by atoms with E-state index < -0.39 is 0 Å². The van der Waals surface area contributed by atoms with Crippen LogP contribution in [0.15, 0.2) is 84.4 Å². The fourth-order valence-corrected chi connectivity index (χ4v) is 7.92. The highest BCUT2D eigenvalue weighted by molar-refractivity contribution is 7.32. The van der Waals surface area contributed by atoms with Crippen LogP contribution in [0.3, 0.4) is 0 Å². The first kappa shape index (κ1) is 19.1. The van der Waals surface area contributed by atoms with Crippen molar-refractivity contribution in [3.05, 3.63) is 100 Å². The highest BCUT2D eigenvalue weighted by Gasteiger charge is 2.33. The Balaban J connectivity index is 1.26. The number of hydrogen-bond acceptors (Lipinski definition) is 5. The molecule has 5 heteroatoms. The van der Waals surface area contributed by atoms with Gasteiger partial charge in [0, 0.05) is 39.9 Å². The van der Waals surface area contributed by atoms with Gasteiger partial charge in [0.15, 0.2) is 11.6 Å². The Morgan fingerprint density at radius 3 is 1.79 bits per heavy atom. The summed E-state index contributed by atoms with van der Waals surface area (Å²) < 4.78 is 3.65.